The second-order valence-electron chi connectivity index (χ2n) is 7.18. The summed E-state index contributed by atoms with van der Waals surface area (Å²) < 4.78 is 44.9. The largest absolute Gasteiger partial charge is 0.388 e. The van der Waals surface area contributed by atoms with E-state index in [9.17, 15) is 18.7 Å². The van der Waals surface area contributed by atoms with Gasteiger partial charge in [0.05, 0.1) is 41.5 Å². The molecule has 1 aromatic carbocycles. The number of aromatic nitrogens is 5. The Labute approximate surface area is 166 Å². The van der Waals surface area contributed by atoms with Gasteiger partial charge in [-0.05, 0) is 18.8 Å². The number of aliphatic hydroxyl groups excluding tert-OH is 1. The van der Waals surface area contributed by atoms with Crippen LogP contribution in [0.15, 0.2) is 24.8 Å². The first kappa shape index (κ1) is 18.6. The highest BCUT2D eigenvalue weighted by Crippen LogP contribution is 2.47. The molecule has 1 fully saturated rings. The third-order valence-corrected chi connectivity index (χ3v) is 5.31. The number of nitrogens with zero attached hydrogens (tertiary/aromatic N) is 4. The summed E-state index contributed by atoms with van der Waals surface area (Å²) in [7, 11) is 0. The summed E-state index contributed by atoms with van der Waals surface area (Å²) in [6.07, 6.45) is 3.08. The monoisotopic (exact) mass is 416 g/mol. The Balaban J connectivity index is 1.77. The maximum absolute atomic E-state index is 15.4. The molecule has 1 amide bonds. The van der Waals surface area contributed by atoms with E-state index in [1.807, 2.05) is 0 Å². The van der Waals surface area contributed by atoms with E-state index in [1.54, 1.807) is 0 Å². The summed E-state index contributed by atoms with van der Waals surface area (Å²) in [5.41, 5.74) is -0.528. The number of alkyl halides is 2. The van der Waals surface area contributed by atoms with Crippen LogP contribution in [0.2, 0.25) is 0 Å². The van der Waals surface area contributed by atoms with Crippen molar-refractivity contribution in [3.05, 3.63) is 41.7 Å². The molecule has 4 aromatic rings. The number of hydrogen-bond acceptors (Lipinski definition) is 5. The molecule has 30 heavy (non-hydrogen) atoms. The number of anilines is 1. The first-order valence-corrected chi connectivity index (χ1v) is 9.19. The van der Waals surface area contributed by atoms with Crippen molar-refractivity contribution in [2.45, 2.75) is 25.4 Å². The minimum absolute atomic E-state index is 0.0746. The molecule has 0 saturated heterocycles. The maximum Gasteiger partial charge on any atom is 0.267 e. The average molecular weight is 416 g/mol. The standard InChI is InChI=1S/C19H15F3N6O2/c20-16-14(19(21)22)13(9-3-25-27-17(9)15(16)18(30)8-1-2-8)10-5-28-6-11(24-7-29)26-12(28)4-23-10/h3-8,18-19,30H,1-2H2,(H,24,29)(H,25,27). The van der Waals surface area contributed by atoms with E-state index >= 15 is 4.39 Å². The molecule has 1 aliphatic carbocycles. The molecule has 5 rings (SSSR count). The molecule has 8 nitrogen and oxygen atoms in total. The lowest BCUT2D eigenvalue weighted by Gasteiger charge is -2.18. The Morgan fingerprint density at radius 2 is 2.07 bits per heavy atom. The fourth-order valence-corrected chi connectivity index (χ4v) is 3.76. The second-order valence-corrected chi connectivity index (χ2v) is 7.18. The molecule has 0 aliphatic heterocycles. The highest BCUT2D eigenvalue weighted by atomic mass is 19.3. The van der Waals surface area contributed by atoms with Gasteiger partial charge in [0.25, 0.3) is 6.43 Å². The van der Waals surface area contributed by atoms with E-state index in [0.29, 0.717) is 24.9 Å². The van der Waals surface area contributed by atoms with Crippen LogP contribution < -0.4 is 5.32 Å². The molecule has 0 bridgehead atoms. The number of amides is 1. The number of aromatic amines is 1. The predicted octanol–water partition coefficient (Wildman–Crippen LogP) is 3.36. The summed E-state index contributed by atoms with van der Waals surface area (Å²) in [4.78, 5) is 18.9. The Bertz CT molecular complexity index is 1280. The van der Waals surface area contributed by atoms with Crippen LogP contribution in [0.1, 0.15) is 36.5 Å². The van der Waals surface area contributed by atoms with E-state index in [0.717, 1.165) is 0 Å². The van der Waals surface area contributed by atoms with Gasteiger partial charge in [0.2, 0.25) is 6.41 Å². The van der Waals surface area contributed by atoms with Crippen LogP contribution in [0.4, 0.5) is 19.0 Å². The van der Waals surface area contributed by atoms with Crippen molar-refractivity contribution >= 4 is 28.8 Å². The SMILES string of the molecule is O=CNc1cn2cc(-c3c(C(F)F)c(F)c(C(O)C4CC4)c4[nH]ncc34)ncc2n1. The first-order chi connectivity index (χ1) is 14.5. The van der Waals surface area contributed by atoms with Crippen molar-refractivity contribution in [2.75, 3.05) is 5.32 Å². The Hall–Kier alpha value is -3.47. The molecule has 11 heteroatoms. The number of carbonyl (C=O) groups is 1. The van der Waals surface area contributed by atoms with Gasteiger partial charge in [-0.15, -0.1) is 0 Å². The van der Waals surface area contributed by atoms with E-state index < -0.39 is 23.9 Å². The molecule has 3 aromatic heterocycles. The molecule has 3 heterocycles. The quantitative estimate of drug-likeness (QED) is 0.418. The number of rotatable bonds is 6. The fraction of sp³-hybridized carbons (Fsp3) is 0.263. The second kappa shape index (κ2) is 6.80. The third kappa shape index (κ3) is 2.81. The Kier molecular flexibility index (Phi) is 4.21. The number of nitrogens with one attached hydrogen (secondary N) is 2. The minimum Gasteiger partial charge on any atom is -0.388 e. The Morgan fingerprint density at radius 3 is 2.77 bits per heavy atom. The maximum atomic E-state index is 15.4. The molecule has 1 atom stereocenters. The van der Waals surface area contributed by atoms with Crippen LogP contribution in [-0.2, 0) is 4.79 Å². The zero-order valence-corrected chi connectivity index (χ0v) is 15.3. The predicted molar refractivity (Wildman–Crippen MR) is 100 cm³/mol. The van der Waals surface area contributed by atoms with Crippen LogP contribution in [0, 0.1) is 11.7 Å². The fourth-order valence-electron chi connectivity index (χ4n) is 3.76. The number of halogens is 3. The van der Waals surface area contributed by atoms with Gasteiger partial charge in [-0.3, -0.25) is 14.9 Å². The van der Waals surface area contributed by atoms with Gasteiger partial charge in [-0.1, -0.05) is 0 Å². The molecule has 3 N–H and O–H groups in total. The van der Waals surface area contributed by atoms with Gasteiger partial charge in [-0.2, -0.15) is 5.10 Å². The number of H-pyrrole nitrogens is 1. The van der Waals surface area contributed by atoms with E-state index in [2.05, 4.69) is 25.5 Å². The number of carbonyl (C=O) groups excluding carboxylic acids is 1. The number of aliphatic hydroxyl groups is 1. The van der Waals surface area contributed by atoms with Crippen LogP contribution >= 0.6 is 0 Å². The zero-order valence-electron chi connectivity index (χ0n) is 15.3. The van der Waals surface area contributed by atoms with E-state index in [-0.39, 0.29) is 39.5 Å². The lowest BCUT2D eigenvalue weighted by molar-refractivity contribution is -0.105. The molecular weight excluding hydrogens is 401 g/mol. The van der Waals surface area contributed by atoms with Gasteiger partial charge in [0.1, 0.15) is 5.82 Å². The molecule has 1 unspecified atom stereocenters. The molecule has 154 valence electrons. The lowest BCUT2D eigenvalue weighted by atomic mass is 9.92. The summed E-state index contributed by atoms with van der Waals surface area (Å²) in [6, 6.07) is 0. The van der Waals surface area contributed by atoms with Crippen molar-refractivity contribution in [3.8, 4) is 11.3 Å². The third-order valence-electron chi connectivity index (χ3n) is 5.31. The van der Waals surface area contributed by atoms with E-state index in [4.69, 9.17) is 0 Å². The smallest absolute Gasteiger partial charge is 0.267 e. The number of fused-ring (bicyclic) bond motifs is 2. The highest BCUT2D eigenvalue weighted by Gasteiger charge is 2.37. The highest BCUT2D eigenvalue weighted by molar-refractivity contribution is 5.97. The van der Waals surface area contributed by atoms with Crippen molar-refractivity contribution in [1.29, 1.82) is 0 Å². The Morgan fingerprint density at radius 1 is 1.27 bits per heavy atom. The zero-order chi connectivity index (χ0) is 21.0. The average Bonchev–Trinajstić information content (AvgIpc) is 3.32. The van der Waals surface area contributed by atoms with Crippen molar-refractivity contribution < 1.29 is 23.1 Å². The van der Waals surface area contributed by atoms with Crippen LogP contribution in [0.5, 0.6) is 0 Å². The minimum atomic E-state index is -3.14. The summed E-state index contributed by atoms with van der Waals surface area (Å²) in [5.74, 6) is -1.07. The molecule has 0 spiro atoms. The van der Waals surface area contributed by atoms with Crippen molar-refractivity contribution in [1.82, 2.24) is 24.6 Å². The lowest BCUT2D eigenvalue weighted by Crippen LogP contribution is -2.09. The summed E-state index contributed by atoms with van der Waals surface area (Å²) >= 11 is 0. The van der Waals surface area contributed by atoms with Gasteiger partial charge in [-0.25, -0.2) is 18.2 Å². The molecule has 1 saturated carbocycles. The van der Waals surface area contributed by atoms with Gasteiger partial charge in [0.15, 0.2) is 11.5 Å². The first-order valence-electron chi connectivity index (χ1n) is 9.19. The van der Waals surface area contributed by atoms with Gasteiger partial charge >= 0.3 is 0 Å². The van der Waals surface area contributed by atoms with Crippen LogP contribution in [0.25, 0.3) is 27.8 Å². The van der Waals surface area contributed by atoms with Gasteiger partial charge in [0, 0.05) is 22.7 Å². The number of imidazole rings is 1. The molecule has 0 radical (unpaired) electrons. The van der Waals surface area contributed by atoms with Crippen molar-refractivity contribution in [2.24, 2.45) is 5.92 Å². The van der Waals surface area contributed by atoms with Crippen LogP contribution in [-0.4, -0.2) is 36.1 Å². The topological polar surface area (TPSA) is 108 Å². The summed E-state index contributed by atoms with van der Waals surface area (Å²) in [5, 5.41) is 19.7. The number of benzene rings is 1. The number of hydrogen-bond donors (Lipinski definition) is 3. The molecular formula is C19H15F3N6O2. The molecule has 1 aliphatic rings. The summed E-state index contributed by atoms with van der Waals surface area (Å²) in [6.45, 7) is 0. The van der Waals surface area contributed by atoms with Gasteiger partial charge < -0.3 is 14.8 Å². The van der Waals surface area contributed by atoms with Crippen LogP contribution in [0.3, 0.4) is 0 Å². The normalized spacial score (nSPS) is 15.2. The van der Waals surface area contributed by atoms with Crippen molar-refractivity contribution in [3.63, 3.8) is 0 Å². The van der Waals surface area contributed by atoms with E-state index in [1.165, 1.54) is 29.2 Å².